The topological polar surface area (TPSA) is 58.2 Å². The predicted octanol–water partition coefficient (Wildman–Crippen LogP) is 2.47. The fourth-order valence-electron chi connectivity index (χ4n) is 1.64. The summed E-state index contributed by atoms with van der Waals surface area (Å²) in [5.74, 6) is -3.91. The zero-order valence-corrected chi connectivity index (χ0v) is 11.2. The summed E-state index contributed by atoms with van der Waals surface area (Å²) >= 11 is 0. The van der Waals surface area contributed by atoms with Gasteiger partial charge in [-0.1, -0.05) is 0 Å². The molecule has 4 nitrogen and oxygen atoms in total. The Morgan fingerprint density at radius 3 is 2.23 bits per heavy atom. The van der Waals surface area contributed by atoms with E-state index in [-0.39, 0.29) is 12.1 Å². The molecule has 0 unspecified atom stereocenters. The number of benzene rings is 2. The molecule has 0 saturated carbocycles. The first-order valence-electron chi connectivity index (χ1n) is 6.24. The van der Waals surface area contributed by atoms with Crippen LogP contribution in [0.5, 0.6) is 0 Å². The number of anilines is 1. The van der Waals surface area contributed by atoms with Crippen molar-refractivity contribution < 1.29 is 22.8 Å². The zero-order chi connectivity index (χ0) is 16.1. The van der Waals surface area contributed by atoms with Crippen LogP contribution in [-0.4, -0.2) is 18.4 Å². The van der Waals surface area contributed by atoms with Gasteiger partial charge in [0.05, 0.1) is 6.54 Å². The lowest BCUT2D eigenvalue weighted by Crippen LogP contribution is -2.32. The lowest BCUT2D eigenvalue weighted by Gasteiger charge is -2.07. The molecule has 22 heavy (non-hydrogen) atoms. The van der Waals surface area contributed by atoms with Gasteiger partial charge in [-0.2, -0.15) is 0 Å². The summed E-state index contributed by atoms with van der Waals surface area (Å²) < 4.78 is 38.4. The highest BCUT2D eigenvalue weighted by Gasteiger charge is 2.11. The number of hydrogen-bond donors (Lipinski definition) is 2. The van der Waals surface area contributed by atoms with Crippen LogP contribution < -0.4 is 10.6 Å². The molecule has 114 valence electrons. The second-order valence-corrected chi connectivity index (χ2v) is 4.37. The van der Waals surface area contributed by atoms with E-state index in [2.05, 4.69) is 10.6 Å². The molecule has 7 heteroatoms. The average molecular weight is 308 g/mol. The van der Waals surface area contributed by atoms with Crippen LogP contribution in [0.2, 0.25) is 0 Å². The molecule has 2 aromatic rings. The molecule has 0 fully saturated rings. The Balaban J connectivity index is 1.88. The number of halogens is 3. The highest BCUT2D eigenvalue weighted by molar-refractivity contribution is 5.99. The van der Waals surface area contributed by atoms with Crippen LogP contribution in [0.25, 0.3) is 0 Å². The van der Waals surface area contributed by atoms with Gasteiger partial charge >= 0.3 is 0 Å². The van der Waals surface area contributed by atoms with E-state index in [1.165, 1.54) is 24.3 Å². The average Bonchev–Trinajstić information content (AvgIpc) is 2.50. The van der Waals surface area contributed by atoms with Gasteiger partial charge in [-0.15, -0.1) is 0 Å². The van der Waals surface area contributed by atoms with Gasteiger partial charge in [0.15, 0.2) is 11.6 Å². The summed E-state index contributed by atoms with van der Waals surface area (Å²) in [5.41, 5.74) is 0.266. The maximum atomic E-state index is 13.0. The van der Waals surface area contributed by atoms with Crippen molar-refractivity contribution in [2.75, 3.05) is 11.9 Å². The zero-order valence-electron chi connectivity index (χ0n) is 11.2. The van der Waals surface area contributed by atoms with Crippen molar-refractivity contribution in [3.05, 3.63) is 65.5 Å². The molecule has 0 bridgehead atoms. The smallest absolute Gasteiger partial charge is 0.251 e. The highest BCUT2D eigenvalue weighted by Crippen LogP contribution is 2.09. The van der Waals surface area contributed by atoms with Gasteiger partial charge in [0, 0.05) is 11.3 Å². The third-order valence-corrected chi connectivity index (χ3v) is 2.72. The van der Waals surface area contributed by atoms with Crippen molar-refractivity contribution in [1.82, 2.24) is 5.32 Å². The number of nitrogens with one attached hydrogen (secondary N) is 2. The molecule has 0 spiro atoms. The van der Waals surface area contributed by atoms with Crippen molar-refractivity contribution in [2.45, 2.75) is 0 Å². The van der Waals surface area contributed by atoms with E-state index >= 15 is 0 Å². The minimum absolute atomic E-state index is 0.103. The van der Waals surface area contributed by atoms with Crippen LogP contribution in [0.4, 0.5) is 18.9 Å². The van der Waals surface area contributed by atoms with Gasteiger partial charge in [-0.3, -0.25) is 9.59 Å². The van der Waals surface area contributed by atoms with Gasteiger partial charge in [0.25, 0.3) is 5.91 Å². The molecule has 2 rings (SSSR count). The minimum atomic E-state index is -1.15. The fraction of sp³-hybridized carbons (Fsp3) is 0.0667. The molecule has 0 heterocycles. The highest BCUT2D eigenvalue weighted by atomic mass is 19.2. The van der Waals surface area contributed by atoms with Gasteiger partial charge in [0.1, 0.15) is 5.82 Å². The molecule has 0 saturated heterocycles. The monoisotopic (exact) mass is 308 g/mol. The SMILES string of the molecule is O=C(CNC(=O)c1ccc(F)c(F)c1)Nc1ccc(F)cc1. The minimum Gasteiger partial charge on any atom is -0.343 e. The summed E-state index contributed by atoms with van der Waals surface area (Å²) in [6, 6.07) is 7.75. The van der Waals surface area contributed by atoms with E-state index in [1.807, 2.05) is 0 Å². The largest absolute Gasteiger partial charge is 0.343 e. The van der Waals surface area contributed by atoms with Crippen LogP contribution in [-0.2, 0) is 4.79 Å². The number of rotatable bonds is 4. The van der Waals surface area contributed by atoms with Crippen molar-refractivity contribution in [3.8, 4) is 0 Å². The van der Waals surface area contributed by atoms with Gasteiger partial charge in [-0.05, 0) is 42.5 Å². The van der Waals surface area contributed by atoms with Crippen molar-refractivity contribution in [3.63, 3.8) is 0 Å². The number of amides is 2. The summed E-state index contributed by atoms with van der Waals surface area (Å²) in [4.78, 5) is 23.3. The van der Waals surface area contributed by atoms with E-state index < -0.39 is 29.3 Å². The molecule has 0 atom stereocenters. The first kappa shape index (κ1) is 15.6. The van der Waals surface area contributed by atoms with E-state index in [1.54, 1.807) is 0 Å². The lowest BCUT2D eigenvalue weighted by atomic mass is 10.2. The summed E-state index contributed by atoms with van der Waals surface area (Å²) in [7, 11) is 0. The lowest BCUT2D eigenvalue weighted by molar-refractivity contribution is -0.115. The maximum absolute atomic E-state index is 13.0. The van der Waals surface area contributed by atoms with Crippen LogP contribution >= 0.6 is 0 Å². The molecular weight excluding hydrogens is 297 g/mol. The van der Waals surface area contributed by atoms with Gasteiger partial charge in [-0.25, -0.2) is 13.2 Å². The van der Waals surface area contributed by atoms with E-state index in [9.17, 15) is 22.8 Å². The molecule has 0 radical (unpaired) electrons. The second-order valence-electron chi connectivity index (χ2n) is 4.37. The van der Waals surface area contributed by atoms with Crippen LogP contribution in [0.15, 0.2) is 42.5 Å². The van der Waals surface area contributed by atoms with Crippen molar-refractivity contribution in [1.29, 1.82) is 0 Å². The molecule has 2 amide bonds. The number of hydrogen-bond acceptors (Lipinski definition) is 2. The maximum Gasteiger partial charge on any atom is 0.251 e. The normalized spacial score (nSPS) is 10.1. The Labute approximate surface area is 124 Å². The van der Waals surface area contributed by atoms with Crippen LogP contribution in [0.3, 0.4) is 0 Å². The molecule has 0 aliphatic heterocycles. The Bertz CT molecular complexity index is 702. The molecule has 0 aliphatic carbocycles. The Kier molecular flexibility index (Phi) is 4.77. The number of carbonyl (C=O) groups is 2. The van der Waals surface area contributed by atoms with Crippen LogP contribution in [0, 0.1) is 17.5 Å². The molecule has 0 aliphatic rings. The van der Waals surface area contributed by atoms with Crippen molar-refractivity contribution in [2.24, 2.45) is 0 Å². The summed E-state index contributed by atoms with van der Waals surface area (Å²) in [6.45, 7) is -0.366. The third kappa shape index (κ3) is 4.08. The van der Waals surface area contributed by atoms with E-state index in [4.69, 9.17) is 0 Å². The van der Waals surface area contributed by atoms with Crippen molar-refractivity contribution >= 4 is 17.5 Å². The van der Waals surface area contributed by atoms with E-state index in [0.29, 0.717) is 5.69 Å². The predicted molar refractivity (Wildman–Crippen MR) is 73.7 cm³/mol. The first-order valence-corrected chi connectivity index (χ1v) is 6.24. The first-order chi connectivity index (χ1) is 10.5. The van der Waals surface area contributed by atoms with E-state index in [0.717, 1.165) is 18.2 Å². The summed E-state index contributed by atoms with van der Waals surface area (Å²) in [5, 5.41) is 4.70. The third-order valence-electron chi connectivity index (χ3n) is 2.72. The standard InChI is InChI=1S/C15H11F3N2O2/c16-10-2-4-11(5-3-10)20-14(21)8-19-15(22)9-1-6-12(17)13(18)7-9/h1-7H,8H2,(H,19,22)(H,20,21). The van der Waals surface area contributed by atoms with Gasteiger partial charge < -0.3 is 10.6 Å². The number of carbonyl (C=O) groups excluding carboxylic acids is 2. The molecule has 2 N–H and O–H groups in total. The summed E-state index contributed by atoms with van der Waals surface area (Å²) in [6.07, 6.45) is 0. The Hall–Kier alpha value is -2.83. The Morgan fingerprint density at radius 1 is 0.909 bits per heavy atom. The van der Waals surface area contributed by atoms with Crippen LogP contribution in [0.1, 0.15) is 10.4 Å². The van der Waals surface area contributed by atoms with Gasteiger partial charge in [0.2, 0.25) is 5.91 Å². The fourth-order valence-corrected chi connectivity index (χ4v) is 1.64. The Morgan fingerprint density at radius 2 is 1.59 bits per heavy atom. The molecular formula is C15H11F3N2O2. The quantitative estimate of drug-likeness (QED) is 0.911. The molecule has 2 aromatic carbocycles. The molecule has 0 aromatic heterocycles. The second kappa shape index (κ2) is 6.75.